The summed E-state index contributed by atoms with van der Waals surface area (Å²) < 4.78 is 5.87. The molecular weight excluding hydrogens is 347 g/mol. The van der Waals surface area contributed by atoms with Gasteiger partial charge in [-0.3, -0.25) is 9.69 Å². The van der Waals surface area contributed by atoms with E-state index in [0.717, 1.165) is 11.5 Å². The van der Waals surface area contributed by atoms with Gasteiger partial charge in [-0.25, -0.2) is 0 Å². The maximum atomic E-state index is 12.2. The lowest BCUT2D eigenvalue weighted by molar-refractivity contribution is -0.117. The number of halogens is 2. The van der Waals surface area contributed by atoms with E-state index in [1.807, 2.05) is 24.1 Å². The van der Waals surface area contributed by atoms with Gasteiger partial charge < -0.3 is 9.73 Å². The molecule has 0 bridgehead atoms. The summed E-state index contributed by atoms with van der Waals surface area (Å²) in [6, 6.07) is 9.15. The second kappa shape index (κ2) is 7.18. The molecule has 0 radical (unpaired) electrons. The largest absolute Gasteiger partial charge is 0.464 e. The summed E-state index contributed by atoms with van der Waals surface area (Å²) in [5.41, 5.74) is 0.447. The molecule has 3 rings (SSSR count). The van der Waals surface area contributed by atoms with Gasteiger partial charge in [0.2, 0.25) is 5.91 Å². The molecule has 1 aromatic carbocycles. The summed E-state index contributed by atoms with van der Waals surface area (Å²) >= 11 is 12.1. The first kappa shape index (κ1) is 17.3. The molecule has 0 saturated heterocycles. The molecule has 1 saturated carbocycles. The van der Waals surface area contributed by atoms with Gasteiger partial charge in [0, 0.05) is 5.92 Å². The number of nitrogens with zero attached hydrogens (tertiary/aromatic N) is 1. The third-order valence-corrected chi connectivity index (χ3v) is 4.85. The van der Waals surface area contributed by atoms with Crippen molar-refractivity contribution in [2.75, 3.05) is 18.9 Å². The fourth-order valence-electron chi connectivity index (χ4n) is 2.76. The van der Waals surface area contributed by atoms with Gasteiger partial charge in [-0.2, -0.15) is 0 Å². The van der Waals surface area contributed by atoms with Crippen LogP contribution in [0.15, 0.2) is 34.7 Å². The van der Waals surface area contributed by atoms with Gasteiger partial charge in [-0.15, -0.1) is 0 Å². The van der Waals surface area contributed by atoms with E-state index in [0.29, 0.717) is 34.1 Å². The molecule has 2 atom stereocenters. The molecule has 1 N–H and O–H groups in total. The number of para-hydroxylation sites is 1. The van der Waals surface area contributed by atoms with Crippen LogP contribution in [0.5, 0.6) is 0 Å². The van der Waals surface area contributed by atoms with Crippen LogP contribution in [0.2, 0.25) is 10.0 Å². The van der Waals surface area contributed by atoms with Crippen molar-refractivity contribution in [3.8, 4) is 0 Å². The Morgan fingerprint density at radius 3 is 2.58 bits per heavy atom. The van der Waals surface area contributed by atoms with E-state index in [1.54, 1.807) is 18.2 Å². The molecule has 6 heteroatoms. The van der Waals surface area contributed by atoms with Crippen molar-refractivity contribution >= 4 is 34.8 Å². The van der Waals surface area contributed by atoms with Crippen LogP contribution in [0.4, 0.5) is 5.69 Å². The Balaban J connectivity index is 1.53. The lowest BCUT2D eigenvalue weighted by Crippen LogP contribution is -2.29. The van der Waals surface area contributed by atoms with Crippen LogP contribution in [0.1, 0.15) is 30.8 Å². The minimum absolute atomic E-state index is 0.171. The van der Waals surface area contributed by atoms with Crippen molar-refractivity contribution in [1.29, 1.82) is 0 Å². The first-order valence-electron chi connectivity index (χ1n) is 7.95. The molecule has 1 heterocycles. The van der Waals surface area contributed by atoms with Gasteiger partial charge >= 0.3 is 0 Å². The Kier molecular flexibility index (Phi) is 5.18. The number of carbonyl (C=O) groups is 1. The number of likely N-dealkylation sites (N-methyl/N-ethyl adjacent to an activating group) is 1. The molecule has 1 aliphatic carbocycles. The van der Waals surface area contributed by atoms with Gasteiger partial charge in [-0.05, 0) is 43.7 Å². The number of furan rings is 1. The lowest BCUT2D eigenvalue weighted by atomic mass is 10.3. The predicted octanol–water partition coefficient (Wildman–Crippen LogP) is 4.78. The summed E-state index contributed by atoms with van der Waals surface area (Å²) in [5.74, 6) is 3.03. The third kappa shape index (κ3) is 4.12. The van der Waals surface area contributed by atoms with E-state index < -0.39 is 0 Å². The van der Waals surface area contributed by atoms with Gasteiger partial charge in [-0.1, -0.05) is 36.2 Å². The second-order valence-electron chi connectivity index (χ2n) is 6.44. The van der Waals surface area contributed by atoms with Crippen LogP contribution in [0.3, 0.4) is 0 Å². The van der Waals surface area contributed by atoms with Crippen LogP contribution in [-0.2, 0) is 11.3 Å². The van der Waals surface area contributed by atoms with E-state index >= 15 is 0 Å². The van der Waals surface area contributed by atoms with E-state index in [9.17, 15) is 4.79 Å². The number of anilines is 1. The Morgan fingerprint density at radius 2 is 1.96 bits per heavy atom. The molecule has 24 heavy (non-hydrogen) atoms. The fraction of sp³-hybridized carbons (Fsp3) is 0.389. The highest BCUT2D eigenvalue weighted by atomic mass is 35.5. The van der Waals surface area contributed by atoms with E-state index in [2.05, 4.69) is 12.2 Å². The highest BCUT2D eigenvalue weighted by Crippen LogP contribution is 2.47. The molecule has 0 aliphatic heterocycles. The second-order valence-corrected chi connectivity index (χ2v) is 7.26. The maximum Gasteiger partial charge on any atom is 0.238 e. The summed E-state index contributed by atoms with van der Waals surface area (Å²) in [5, 5.41) is 3.61. The van der Waals surface area contributed by atoms with Crippen molar-refractivity contribution in [3.63, 3.8) is 0 Å². The van der Waals surface area contributed by atoms with Crippen LogP contribution in [-0.4, -0.2) is 24.4 Å². The van der Waals surface area contributed by atoms with Crippen molar-refractivity contribution in [3.05, 3.63) is 51.9 Å². The number of hydrogen-bond donors (Lipinski definition) is 1. The monoisotopic (exact) mass is 366 g/mol. The van der Waals surface area contributed by atoms with E-state index in [1.165, 1.54) is 6.42 Å². The number of benzene rings is 1. The molecular formula is C18H20Cl2N2O2. The topological polar surface area (TPSA) is 45.5 Å². The zero-order chi connectivity index (χ0) is 17.3. The highest BCUT2D eigenvalue weighted by Gasteiger charge is 2.36. The van der Waals surface area contributed by atoms with Gasteiger partial charge in [0.05, 0.1) is 28.8 Å². The number of amides is 1. The summed E-state index contributed by atoms with van der Waals surface area (Å²) in [7, 11) is 1.87. The molecule has 1 aliphatic rings. The molecule has 1 aromatic heterocycles. The Bertz CT molecular complexity index is 724. The lowest BCUT2D eigenvalue weighted by Gasteiger charge is -2.16. The van der Waals surface area contributed by atoms with E-state index in [-0.39, 0.29) is 12.5 Å². The first-order chi connectivity index (χ1) is 11.4. The molecule has 4 nitrogen and oxygen atoms in total. The quantitative estimate of drug-likeness (QED) is 0.799. The number of carbonyl (C=O) groups excluding carboxylic acids is 1. The van der Waals surface area contributed by atoms with Crippen molar-refractivity contribution in [2.45, 2.75) is 25.8 Å². The van der Waals surface area contributed by atoms with E-state index in [4.69, 9.17) is 27.6 Å². The number of hydrogen-bond acceptors (Lipinski definition) is 3. The molecule has 0 spiro atoms. The van der Waals surface area contributed by atoms with Gasteiger partial charge in [0.25, 0.3) is 0 Å². The molecule has 128 valence electrons. The smallest absolute Gasteiger partial charge is 0.238 e. The fourth-order valence-corrected chi connectivity index (χ4v) is 3.25. The number of nitrogens with one attached hydrogen (secondary N) is 1. The molecule has 1 amide bonds. The highest BCUT2D eigenvalue weighted by molar-refractivity contribution is 6.39. The average Bonchev–Trinajstić information content (AvgIpc) is 3.05. The first-order valence-corrected chi connectivity index (χ1v) is 8.70. The molecule has 2 aromatic rings. The van der Waals surface area contributed by atoms with Crippen molar-refractivity contribution in [2.24, 2.45) is 5.92 Å². The van der Waals surface area contributed by atoms with Crippen molar-refractivity contribution in [1.82, 2.24) is 4.90 Å². The Morgan fingerprint density at radius 1 is 1.29 bits per heavy atom. The minimum atomic E-state index is -0.171. The van der Waals surface area contributed by atoms with Crippen molar-refractivity contribution < 1.29 is 9.21 Å². The van der Waals surface area contributed by atoms with Crippen LogP contribution < -0.4 is 5.32 Å². The summed E-state index contributed by atoms with van der Waals surface area (Å²) in [4.78, 5) is 14.1. The van der Waals surface area contributed by atoms with Crippen LogP contribution in [0, 0.1) is 5.92 Å². The zero-order valence-corrected chi connectivity index (χ0v) is 15.2. The van der Waals surface area contributed by atoms with Gasteiger partial charge in [0.15, 0.2) is 0 Å². The Hall–Kier alpha value is -1.49. The zero-order valence-electron chi connectivity index (χ0n) is 13.7. The summed E-state index contributed by atoms with van der Waals surface area (Å²) in [6.45, 7) is 3.02. The maximum absolute atomic E-state index is 12.2. The summed E-state index contributed by atoms with van der Waals surface area (Å²) in [6.07, 6.45) is 1.20. The Labute approximate surface area is 151 Å². The third-order valence-electron chi connectivity index (χ3n) is 4.22. The minimum Gasteiger partial charge on any atom is -0.464 e. The molecule has 1 fully saturated rings. The standard InChI is InChI=1S/C18H20Cl2N2O2/c1-11-8-13(11)16-7-6-12(24-16)9-22(2)10-17(23)21-18-14(19)4-3-5-15(18)20/h3-7,11,13H,8-10H2,1-2H3,(H,21,23)/t11-,13+/m0/s1. The normalized spacial score (nSPS) is 19.5. The predicted molar refractivity (Wildman–Crippen MR) is 96.7 cm³/mol. The number of rotatable bonds is 6. The molecule has 0 unspecified atom stereocenters. The van der Waals surface area contributed by atoms with Crippen LogP contribution in [0.25, 0.3) is 0 Å². The van der Waals surface area contributed by atoms with Gasteiger partial charge in [0.1, 0.15) is 11.5 Å². The SMILES string of the molecule is C[C@H]1C[C@H]1c1ccc(CN(C)CC(=O)Nc2c(Cl)cccc2Cl)o1. The van der Waals surface area contributed by atoms with Crippen LogP contribution >= 0.6 is 23.2 Å². The average molecular weight is 367 g/mol.